The number of benzene rings is 2. The van der Waals surface area contributed by atoms with Crippen molar-refractivity contribution >= 4 is 5.91 Å². The van der Waals surface area contributed by atoms with E-state index in [1.54, 1.807) is 11.0 Å². The molecule has 0 N–H and O–H groups in total. The van der Waals surface area contributed by atoms with Crippen molar-refractivity contribution in [3.05, 3.63) is 70.8 Å². The van der Waals surface area contributed by atoms with Crippen LogP contribution < -0.4 is 0 Å². The lowest BCUT2D eigenvalue weighted by Crippen LogP contribution is -2.48. The third-order valence-corrected chi connectivity index (χ3v) is 4.58. The van der Waals surface area contributed by atoms with Gasteiger partial charge in [-0.1, -0.05) is 12.1 Å². The highest BCUT2D eigenvalue weighted by molar-refractivity contribution is 5.94. The maximum atomic E-state index is 12.6. The first-order chi connectivity index (χ1) is 12.9. The average Bonchev–Trinajstić information content (AvgIpc) is 2.67. The van der Waals surface area contributed by atoms with Crippen LogP contribution in [0.5, 0.6) is 0 Å². The molecule has 1 heterocycles. The molecule has 3 rings (SSSR count). The van der Waals surface area contributed by atoms with Crippen LogP contribution in [0.3, 0.4) is 0 Å². The highest BCUT2D eigenvalue weighted by Crippen LogP contribution is 2.29. The monoisotopic (exact) mass is 373 g/mol. The van der Waals surface area contributed by atoms with Crippen molar-refractivity contribution in [3.8, 4) is 6.07 Å². The second kappa shape index (κ2) is 7.80. The van der Waals surface area contributed by atoms with Crippen molar-refractivity contribution in [2.24, 2.45) is 0 Å². The molecule has 0 aromatic heterocycles. The van der Waals surface area contributed by atoms with Crippen LogP contribution in [0.4, 0.5) is 13.2 Å². The lowest BCUT2D eigenvalue weighted by atomic mass is 10.1. The first-order valence-corrected chi connectivity index (χ1v) is 8.55. The van der Waals surface area contributed by atoms with Crippen molar-refractivity contribution in [2.75, 3.05) is 26.2 Å². The van der Waals surface area contributed by atoms with E-state index in [0.717, 1.165) is 17.7 Å². The number of piperazine rings is 1. The number of alkyl halides is 3. The molecule has 1 aliphatic heterocycles. The molecule has 1 amide bonds. The quantitative estimate of drug-likeness (QED) is 0.827. The second-order valence-electron chi connectivity index (χ2n) is 6.46. The largest absolute Gasteiger partial charge is 0.416 e. The van der Waals surface area contributed by atoms with Crippen LogP contribution in [0.25, 0.3) is 0 Å². The molecule has 0 aliphatic carbocycles. The molecule has 2 aromatic rings. The van der Waals surface area contributed by atoms with E-state index in [2.05, 4.69) is 11.0 Å². The van der Waals surface area contributed by atoms with Gasteiger partial charge in [-0.05, 0) is 42.0 Å². The Morgan fingerprint density at radius 2 is 1.70 bits per heavy atom. The molecule has 2 aromatic carbocycles. The van der Waals surface area contributed by atoms with Gasteiger partial charge in [0.05, 0.1) is 17.2 Å². The molecule has 0 bridgehead atoms. The summed E-state index contributed by atoms with van der Waals surface area (Å²) in [6.07, 6.45) is -4.41. The van der Waals surface area contributed by atoms with Gasteiger partial charge in [-0.25, -0.2) is 0 Å². The predicted octanol–water partition coefficient (Wildman–Crippen LogP) is 3.54. The van der Waals surface area contributed by atoms with Crippen molar-refractivity contribution < 1.29 is 18.0 Å². The van der Waals surface area contributed by atoms with Crippen LogP contribution in [0.15, 0.2) is 48.5 Å². The maximum absolute atomic E-state index is 12.6. The number of amides is 1. The number of nitrogens with zero attached hydrogens (tertiary/aromatic N) is 3. The van der Waals surface area contributed by atoms with E-state index in [1.165, 1.54) is 12.1 Å². The summed E-state index contributed by atoms with van der Waals surface area (Å²) in [5.74, 6) is -0.255. The number of halogens is 3. The maximum Gasteiger partial charge on any atom is 0.416 e. The summed E-state index contributed by atoms with van der Waals surface area (Å²) >= 11 is 0. The highest BCUT2D eigenvalue weighted by atomic mass is 19.4. The van der Waals surface area contributed by atoms with Gasteiger partial charge in [-0.2, -0.15) is 18.4 Å². The molecule has 0 saturated carbocycles. The normalized spacial score (nSPS) is 15.4. The Balaban J connectivity index is 1.57. The fraction of sp³-hybridized carbons (Fsp3) is 0.300. The van der Waals surface area contributed by atoms with Gasteiger partial charge in [0.2, 0.25) is 0 Å². The minimum atomic E-state index is -4.41. The first-order valence-electron chi connectivity index (χ1n) is 8.55. The zero-order valence-electron chi connectivity index (χ0n) is 14.5. The van der Waals surface area contributed by atoms with Crippen LogP contribution in [0, 0.1) is 11.3 Å². The molecule has 0 radical (unpaired) electrons. The van der Waals surface area contributed by atoms with Crippen molar-refractivity contribution in [1.82, 2.24) is 9.80 Å². The number of hydrogen-bond donors (Lipinski definition) is 0. The van der Waals surface area contributed by atoms with Gasteiger partial charge >= 0.3 is 6.18 Å². The van der Waals surface area contributed by atoms with Crippen molar-refractivity contribution in [3.63, 3.8) is 0 Å². The van der Waals surface area contributed by atoms with Gasteiger partial charge in [-0.3, -0.25) is 9.69 Å². The van der Waals surface area contributed by atoms with Crippen molar-refractivity contribution in [1.29, 1.82) is 5.26 Å². The Hall–Kier alpha value is -2.85. The molecular formula is C20H18F3N3O. The van der Waals surface area contributed by atoms with Crippen LogP contribution in [0.1, 0.15) is 27.0 Å². The van der Waals surface area contributed by atoms with Gasteiger partial charge in [-0.15, -0.1) is 0 Å². The fourth-order valence-corrected chi connectivity index (χ4v) is 3.09. The first kappa shape index (κ1) is 18.9. The Morgan fingerprint density at radius 3 is 2.30 bits per heavy atom. The smallest absolute Gasteiger partial charge is 0.336 e. The van der Waals surface area contributed by atoms with Crippen LogP contribution >= 0.6 is 0 Å². The summed E-state index contributed by atoms with van der Waals surface area (Å²) in [4.78, 5) is 16.3. The minimum absolute atomic E-state index is 0.255. The molecule has 1 fully saturated rings. The lowest BCUT2D eigenvalue weighted by molar-refractivity contribution is -0.137. The van der Waals surface area contributed by atoms with Gasteiger partial charge in [0.15, 0.2) is 0 Å². The zero-order valence-corrected chi connectivity index (χ0v) is 14.5. The average molecular weight is 373 g/mol. The van der Waals surface area contributed by atoms with Gasteiger partial charge in [0.25, 0.3) is 5.91 Å². The molecule has 0 spiro atoms. The topological polar surface area (TPSA) is 47.3 Å². The molecular weight excluding hydrogens is 355 g/mol. The summed E-state index contributed by atoms with van der Waals surface area (Å²) < 4.78 is 37.9. The third-order valence-electron chi connectivity index (χ3n) is 4.58. The van der Waals surface area contributed by atoms with Crippen molar-refractivity contribution in [2.45, 2.75) is 12.7 Å². The van der Waals surface area contributed by atoms with E-state index in [4.69, 9.17) is 5.26 Å². The number of carbonyl (C=O) groups excluding carboxylic acids is 1. The predicted molar refractivity (Wildman–Crippen MR) is 93.8 cm³/mol. The summed E-state index contributed by atoms with van der Waals surface area (Å²) in [7, 11) is 0. The van der Waals surface area contributed by atoms with E-state index in [9.17, 15) is 18.0 Å². The number of rotatable bonds is 3. The molecule has 1 aliphatic rings. The van der Waals surface area contributed by atoms with E-state index >= 15 is 0 Å². The van der Waals surface area contributed by atoms with Crippen LogP contribution in [-0.2, 0) is 12.7 Å². The third kappa shape index (κ3) is 4.66. The van der Waals surface area contributed by atoms with E-state index in [1.807, 2.05) is 18.2 Å². The highest BCUT2D eigenvalue weighted by Gasteiger charge is 2.30. The van der Waals surface area contributed by atoms with E-state index < -0.39 is 11.7 Å². The fourth-order valence-electron chi connectivity index (χ4n) is 3.09. The Kier molecular flexibility index (Phi) is 5.47. The Labute approximate surface area is 155 Å². The zero-order chi connectivity index (χ0) is 19.4. The van der Waals surface area contributed by atoms with E-state index in [-0.39, 0.29) is 11.5 Å². The van der Waals surface area contributed by atoms with Gasteiger partial charge in [0, 0.05) is 38.3 Å². The Morgan fingerprint density at radius 1 is 1.04 bits per heavy atom. The number of carbonyl (C=O) groups is 1. The minimum Gasteiger partial charge on any atom is -0.336 e. The van der Waals surface area contributed by atoms with Gasteiger partial charge in [0.1, 0.15) is 0 Å². The molecule has 0 unspecified atom stereocenters. The number of hydrogen-bond acceptors (Lipinski definition) is 3. The molecule has 27 heavy (non-hydrogen) atoms. The molecule has 1 saturated heterocycles. The standard InChI is InChI=1S/C20H18F3N3O/c21-20(22,23)18-6-4-17(5-7-18)19(27)26-10-8-25(9-11-26)14-16-3-1-2-15(12-16)13-24/h1-7,12H,8-11,14H2. The molecule has 7 heteroatoms. The van der Waals surface area contributed by atoms with E-state index in [0.29, 0.717) is 38.3 Å². The molecule has 4 nitrogen and oxygen atoms in total. The van der Waals surface area contributed by atoms with Crippen LogP contribution in [0.2, 0.25) is 0 Å². The number of nitriles is 1. The SMILES string of the molecule is N#Cc1cccc(CN2CCN(C(=O)c3ccc(C(F)(F)F)cc3)CC2)c1. The summed E-state index contributed by atoms with van der Waals surface area (Å²) in [6, 6.07) is 13.8. The summed E-state index contributed by atoms with van der Waals surface area (Å²) in [5, 5.41) is 8.96. The summed E-state index contributed by atoms with van der Waals surface area (Å²) in [5.41, 5.74) is 1.15. The second-order valence-corrected chi connectivity index (χ2v) is 6.46. The molecule has 140 valence electrons. The Bertz CT molecular complexity index is 848. The van der Waals surface area contributed by atoms with Crippen LogP contribution in [-0.4, -0.2) is 41.9 Å². The molecule has 0 atom stereocenters. The lowest BCUT2D eigenvalue weighted by Gasteiger charge is -2.34. The van der Waals surface area contributed by atoms with Gasteiger partial charge < -0.3 is 4.90 Å². The summed E-state index contributed by atoms with van der Waals surface area (Å²) in [6.45, 7) is 3.06.